The fourth-order valence-electron chi connectivity index (χ4n) is 3.34. The molecule has 2 aromatic carbocycles. The number of rotatable bonds is 6. The molecule has 0 amide bonds. The summed E-state index contributed by atoms with van der Waals surface area (Å²) in [5.74, 6) is 2.09. The van der Waals surface area contributed by atoms with E-state index in [-0.39, 0.29) is 0 Å². The molecule has 3 aromatic heterocycles. The lowest BCUT2D eigenvalue weighted by molar-refractivity contribution is -0.137. The number of alkyl halides is 3. The zero-order valence-corrected chi connectivity index (χ0v) is 18.7. The Kier molecular flexibility index (Phi) is 5.70. The number of nitrogens with zero attached hydrogens (tertiary/aromatic N) is 5. The molecule has 3 heterocycles. The Bertz CT molecular complexity index is 1430. The first-order chi connectivity index (χ1) is 16.3. The largest absolute Gasteiger partial charge is 0.416 e. The summed E-state index contributed by atoms with van der Waals surface area (Å²) < 4.78 is 39.8. The number of aryl methyl sites for hydroxylation is 1. The number of benzene rings is 2. The Morgan fingerprint density at radius 3 is 2.50 bits per heavy atom. The van der Waals surface area contributed by atoms with E-state index in [0.29, 0.717) is 28.3 Å². The van der Waals surface area contributed by atoms with Crippen molar-refractivity contribution in [1.82, 2.24) is 29.8 Å². The molecule has 5 aromatic rings. The number of aromatic nitrogens is 6. The second-order valence-electron chi connectivity index (χ2n) is 7.53. The highest BCUT2D eigenvalue weighted by Crippen LogP contribution is 2.30. The van der Waals surface area contributed by atoms with E-state index < -0.39 is 11.7 Å². The molecule has 34 heavy (non-hydrogen) atoms. The van der Waals surface area contributed by atoms with E-state index in [4.69, 9.17) is 0 Å². The van der Waals surface area contributed by atoms with Crippen LogP contribution in [0.1, 0.15) is 16.8 Å². The van der Waals surface area contributed by atoms with Gasteiger partial charge in [0.15, 0.2) is 5.82 Å². The van der Waals surface area contributed by atoms with Gasteiger partial charge < -0.3 is 5.32 Å². The van der Waals surface area contributed by atoms with Gasteiger partial charge in [0.25, 0.3) is 5.78 Å². The van der Waals surface area contributed by atoms with Gasteiger partial charge in [0.1, 0.15) is 5.82 Å². The van der Waals surface area contributed by atoms with Crippen molar-refractivity contribution in [3.63, 3.8) is 0 Å². The number of hydrogen-bond donors (Lipinski definition) is 2. The molecule has 0 atom stereocenters. The van der Waals surface area contributed by atoms with Gasteiger partial charge in [-0.15, -0.1) is 5.10 Å². The minimum Gasteiger partial charge on any atom is -0.323 e. The minimum atomic E-state index is -4.35. The Morgan fingerprint density at radius 2 is 1.76 bits per heavy atom. The van der Waals surface area contributed by atoms with Gasteiger partial charge in [0.2, 0.25) is 5.16 Å². The third-order valence-electron chi connectivity index (χ3n) is 4.99. The predicted molar refractivity (Wildman–Crippen MR) is 124 cm³/mol. The molecule has 2 N–H and O–H groups in total. The summed E-state index contributed by atoms with van der Waals surface area (Å²) in [6.45, 7) is 1.86. The second-order valence-corrected chi connectivity index (χ2v) is 8.47. The van der Waals surface area contributed by atoms with Crippen LogP contribution in [0.3, 0.4) is 0 Å². The molecule has 0 unspecified atom stereocenters. The van der Waals surface area contributed by atoms with Crippen LogP contribution in [0.5, 0.6) is 0 Å². The number of H-pyrrole nitrogens is 1. The lowest BCUT2D eigenvalue weighted by Crippen LogP contribution is -2.04. The summed E-state index contributed by atoms with van der Waals surface area (Å²) >= 11 is 1.32. The maximum atomic E-state index is 12.8. The number of thioether (sulfide) groups is 1. The Labute approximate surface area is 196 Å². The van der Waals surface area contributed by atoms with Crippen LogP contribution in [0.15, 0.2) is 71.9 Å². The lowest BCUT2D eigenvalue weighted by atomic mass is 10.1. The van der Waals surface area contributed by atoms with Crippen molar-refractivity contribution < 1.29 is 13.2 Å². The third kappa shape index (κ3) is 4.74. The van der Waals surface area contributed by atoms with Crippen molar-refractivity contribution in [2.24, 2.45) is 0 Å². The highest BCUT2D eigenvalue weighted by atomic mass is 32.2. The fourth-order valence-corrected chi connectivity index (χ4v) is 4.11. The molecule has 0 fully saturated rings. The monoisotopic (exact) mass is 481 g/mol. The zero-order valence-electron chi connectivity index (χ0n) is 17.8. The molecule has 0 spiro atoms. The second kappa shape index (κ2) is 8.82. The number of fused-ring (bicyclic) bond motifs is 1. The smallest absolute Gasteiger partial charge is 0.323 e. The molecular weight excluding hydrogens is 463 g/mol. The van der Waals surface area contributed by atoms with E-state index >= 15 is 0 Å². The fraction of sp³-hybridized carbons (Fsp3) is 0.130. The van der Waals surface area contributed by atoms with E-state index in [2.05, 4.69) is 30.6 Å². The number of hydrogen-bond acceptors (Lipinski definition) is 6. The van der Waals surface area contributed by atoms with Crippen molar-refractivity contribution in [2.45, 2.75) is 24.0 Å². The molecule has 0 saturated carbocycles. The molecule has 11 heteroatoms. The SMILES string of the molecule is Cc1cc(Nc2cc(-c3ccccc3)[nH]n2)n2nc(SCc3ccc(C(F)(F)F)cc3)nc2n1. The van der Waals surface area contributed by atoms with Gasteiger partial charge >= 0.3 is 6.18 Å². The number of nitrogens with one attached hydrogen (secondary N) is 2. The summed E-state index contributed by atoms with van der Waals surface area (Å²) in [6.07, 6.45) is -4.35. The lowest BCUT2D eigenvalue weighted by Gasteiger charge is -2.06. The van der Waals surface area contributed by atoms with Crippen molar-refractivity contribution >= 4 is 29.2 Å². The third-order valence-corrected chi connectivity index (χ3v) is 5.90. The van der Waals surface area contributed by atoms with E-state index in [1.807, 2.05) is 49.4 Å². The van der Waals surface area contributed by atoms with Gasteiger partial charge in [0, 0.05) is 23.6 Å². The molecule has 0 saturated heterocycles. The maximum absolute atomic E-state index is 12.8. The van der Waals surface area contributed by atoms with Crippen molar-refractivity contribution in [2.75, 3.05) is 5.32 Å². The average molecular weight is 482 g/mol. The van der Waals surface area contributed by atoms with Crippen LogP contribution in [0, 0.1) is 6.92 Å². The Morgan fingerprint density at radius 1 is 1.00 bits per heavy atom. The number of anilines is 2. The van der Waals surface area contributed by atoms with Crippen LogP contribution in [-0.4, -0.2) is 29.8 Å². The summed E-state index contributed by atoms with van der Waals surface area (Å²) in [7, 11) is 0. The van der Waals surface area contributed by atoms with E-state index in [9.17, 15) is 13.2 Å². The molecular formula is C23H18F3N7S. The molecule has 0 aliphatic rings. The maximum Gasteiger partial charge on any atom is 0.416 e. The van der Waals surface area contributed by atoms with Gasteiger partial charge in [-0.05, 0) is 30.2 Å². The highest BCUT2D eigenvalue weighted by Gasteiger charge is 2.29. The van der Waals surface area contributed by atoms with Crippen molar-refractivity contribution in [1.29, 1.82) is 0 Å². The van der Waals surface area contributed by atoms with Gasteiger partial charge in [-0.1, -0.05) is 54.2 Å². The number of aromatic amines is 1. The van der Waals surface area contributed by atoms with E-state index in [0.717, 1.165) is 34.6 Å². The van der Waals surface area contributed by atoms with Crippen LogP contribution in [0.25, 0.3) is 17.0 Å². The van der Waals surface area contributed by atoms with Crippen LogP contribution in [0.2, 0.25) is 0 Å². The molecule has 0 bridgehead atoms. The normalized spacial score (nSPS) is 11.8. The van der Waals surface area contributed by atoms with Gasteiger partial charge in [-0.25, -0.2) is 4.98 Å². The summed E-state index contributed by atoms with van der Waals surface area (Å²) in [5.41, 5.74) is 2.71. The Balaban J connectivity index is 1.34. The molecule has 0 radical (unpaired) electrons. The van der Waals surface area contributed by atoms with Crippen LogP contribution < -0.4 is 5.32 Å². The van der Waals surface area contributed by atoms with Gasteiger partial charge in [0.05, 0.1) is 11.3 Å². The molecule has 5 rings (SSSR count). The topological polar surface area (TPSA) is 83.8 Å². The van der Waals surface area contributed by atoms with Gasteiger partial charge in [-0.2, -0.15) is 27.8 Å². The van der Waals surface area contributed by atoms with Crippen LogP contribution >= 0.6 is 11.8 Å². The summed E-state index contributed by atoms with van der Waals surface area (Å²) in [5, 5.41) is 15.6. The van der Waals surface area contributed by atoms with Gasteiger partial charge in [-0.3, -0.25) is 5.10 Å². The predicted octanol–water partition coefficient (Wildman–Crippen LogP) is 5.88. The standard InChI is InChI=1S/C23H18F3N7S/c1-14-11-20(28-19-12-18(30-31-19)16-5-3-2-4-6-16)33-21(27-14)29-22(32-33)34-13-15-7-9-17(10-8-15)23(24,25)26/h2-12H,13H2,1H3,(H2,28,30,31). The summed E-state index contributed by atoms with van der Waals surface area (Å²) in [4.78, 5) is 8.88. The first-order valence-corrected chi connectivity index (χ1v) is 11.2. The van der Waals surface area contributed by atoms with E-state index in [1.54, 1.807) is 4.52 Å². The summed E-state index contributed by atoms with van der Waals surface area (Å²) in [6, 6.07) is 18.7. The molecule has 0 aliphatic heterocycles. The first kappa shape index (κ1) is 22.0. The highest BCUT2D eigenvalue weighted by molar-refractivity contribution is 7.98. The number of halogens is 3. The van der Waals surface area contributed by atoms with Crippen LogP contribution in [0.4, 0.5) is 24.8 Å². The minimum absolute atomic E-state index is 0.413. The zero-order chi connectivity index (χ0) is 23.7. The molecule has 7 nitrogen and oxygen atoms in total. The van der Waals surface area contributed by atoms with Crippen molar-refractivity contribution in [3.8, 4) is 11.3 Å². The van der Waals surface area contributed by atoms with E-state index in [1.165, 1.54) is 23.9 Å². The van der Waals surface area contributed by atoms with Crippen LogP contribution in [-0.2, 0) is 11.9 Å². The van der Waals surface area contributed by atoms with Crippen molar-refractivity contribution in [3.05, 3.63) is 83.6 Å². The molecule has 0 aliphatic carbocycles. The quantitative estimate of drug-likeness (QED) is 0.295. The molecule has 172 valence electrons. The average Bonchev–Trinajstić information content (AvgIpc) is 3.45. The Hall–Kier alpha value is -3.86. The first-order valence-electron chi connectivity index (χ1n) is 10.3.